The summed E-state index contributed by atoms with van der Waals surface area (Å²) < 4.78 is 1.41. The molecule has 0 radical (unpaired) electrons. The Hall–Kier alpha value is -2.72. The number of pyridine rings is 1. The summed E-state index contributed by atoms with van der Waals surface area (Å²) in [5.41, 5.74) is 0.667. The van der Waals surface area contributed by atoms with Crippen molar-refractivity contribution in [2.75, 3.05) is 11.9 Å². The predicted octanol–water partition coefficient (Wildman–Crippen LogP) is -0.344. The number of nitrogens with zero attached hydrogens (tertiary/aromatic N) is 4. The summed E-state index contributed by atoms with van der Waals surface area (Å²) in [7, 11) is 0. The van der Waals surface area contributed by atoms with Crippen LogP contribution in [0, 0.1) is 11.8 Å². The second-order valence-electron chi connectivity index (χ2n) is 3.54. The van der Waals surface area contributed by atoms with Crippen LogP contribution in [0.15, 0.2) is 30.7 Å². The van der Waals surface area contributed by atoms with Crippen molar-refractivity contribution in [3.63, 3.8) is 0 Å². The summed E-state index contributed by atoms with van der Waals surface area (Å²) in [6.07, 6.45) is 4.62. The summed E-state index contributed by atoms with van der Waals surface area (Å²) >= 11 is 0. The summed E-state index contributed by atoms with van der Waals surface area (Å²) in [6.45, 7) is -0.148. The second kappa shape index (κ2) is 6.28. The number of carbonyl (C=O) groups is 1. The van der Waals surface area contributed by atoms with E-state index in [2.05, 4.69) is 32.5 Å². The molecule has 19 heavy (non-hydrogen) atoms. The molecule has 0 aliphatic heterocycles. The van der Waals surface area contributed by atoms with Crippen LogP contribution in [0.3, 0.4) is 0 Å². The van der Waals surface area contributed by atoms with Gasteiger partial charge >= 0.3 is 0 Å². The van der Waals surface area contributed by atoms with Crippen LogP contribution in [0.2, 0.25) is 0 Å². The summed E-state index contributed by atoms with van der Waals surface area (Å²) in [5.74, 6) is 5.40. The Labute approximate surface area is 109 Å². The van der Waals surface area contributed by atoms with Gasteiger partial charge in [-0.3, -0.25) is 4.79 Å². The molecule has 0 aliphatic rings. The SMILES string of the molecule is O=C(Cn1ccnn1)Nc1cc(C#CCO)ccn1. The van der Waals surface area contributed by atoms with E-state index in [4.69, 9.17) is 5.11 Å². The third kappa shape index (κ3) is 3.90. The Morgan fingerprint density at radius 2 is 2.37 bits per heavy atom. The standard InChI is InChI=1S/C12H11N5O2/c18-7-1-2-10-3-4-13-11(8-10)15-12(19)9-17-6-5-14-16-17/h3-6,8,18H,7,9H2,(H,13,15,19). The van der Waals surface area contributed by atoms with E-state index in [-0.39, 0.29) is 19.1 Å². The quantitative estimate of drug-likeness (QED) is 0.733. The molecule has 1 amide bonds. The Bertz CT molecular complexity index is 613. The lowest BCUT2D eigenvalue weighted by molar-refractivity contribution is -0.116. The van der Waals surface area contributed by atoms with Crippen LogP contribution in [-0.4, -0.2) is 37.6 Å². The normalized spacial score (nSPS) is 9.53. The molecule has 0 unspecified atom stereocenters. The fourth-order valence-electron chi connectivity index (χ4n) is 1.36. The van der Waals surface area contributed by atoms with E-state index in [1.165, 1.54) is 17.1 Å². The van der Waals surface area contributed by atoms with Crippen molar-refractivity contribution in [1.29, 1.82) is 0 Å². The van der Waals surface area contributed by atoms with Gasteiger partial charge in [0.1, 0.15) is 19.0 Å². The van der Waals surface area contributed by atoms with Gasteiger partial charge in [-0.1, -0.05) is 17.1 Å². The molecule has 0 fully saturated rings. The number of hydrogen-bond donors (Lipinski definition) is 2. The van der Waals surface area contributed by atoms with E-state index in [0.29, 0.717) is 11.4 Å². The summed E-state index contributed by atoms with van der Waals surface area (Å²) in [5, 5.41) is 18.5. The van der Waals surface area contributed by atoms with Crippen LogP contribution >= 0.6 is 0 Å². The molecule has 7 nitrogen and oxygen atoms in total. The van der Waals surface area contributed by atoms with Gasteiger partial charge < -0.3 is 10.4 Å². The first kappa shape index (κ1) is 12.7. The van der Waals surface area contributed by atoms with Crippen molar-refractivity contribution in [2.24, 2.45) is 0 Å². The fraction of sp³-hybridized carbons (Fsp3) is 0.167. The fourth-order valence-corrected chi connectivity index (χ4v) is 1.36. The third-order valence-corrected chi connectivity index (χ3v) is 2.12. The van der Waals surface area contributed by atoms with Crippen molar-refractivity contribution in [3.05, 3.63) is 36.3 Å². The van der Waals surface area contributed by atoms with Crippen molar-refractivity contribution in [2.45, 2.75) is 6.54 Å². The zero-order valence-corrected chi connectivity index (χ0v) is 9.95. The molecule has 0 saturated carbocycles. The van der Waals surface area contributed by atoms with Crippen molar-refractivity contribution < 1.29 is 9.90 Å². The van der Waals surface area contributed by atoms with Gasteiger partial charge in [0, 0.05) is 18.0 Å². The Morgan fingerprint density at radius 3 is 3.11 bits per heavy atom. The molecule has 0 spiro atoms. The minimum Gasteiger partial charge on any atom is -0.384 e. The number of aliphatic hydroxyl groups excluding tert-OH is 1. The number of hydrogen-bond acceptors (Lipinski definition) is 5. The third-order valence-electron chi connectivity index (χ3n) is 2.12. The molecule has 0 atom stereocenters. The lowest BCUT2D eigenvalue weighted by Gasteiger charge is -2.04. The van der Waals surface area contributed by atoms with Crippen LogP contribution in [0.5, 0.6) is 0 Å². The van der Waals surface area contributed by atoms with E-state index in [0.717, 1.165) is 0 Å². The molecule has 0 bridgehead atoms. The highest BCUT2D eigenvalue weighted by molar-refractivity contribution is 5.89. The molecule has 0 aliphatic carbocycles. The first-order valence-electron chi connectivity index (χ1n) is 5.47. The van der Waals surface area contributed by atoms with E-state index >= 15 is 0 Å². The average Bonchev–Trinajstić information content (AvgIpc) is 2.89. The van der Waals surface area contributed by atoms with E-state index in [1.54, 1.807) is 18.3 Å². The summed E-state index contributed by atoms with van der Waals surface area (Å²) in [4.78, 5) is 15.7. The molecule has 96 valence electrons. The van der Waals surface area contributed by atoms with Gasteiger partial charge in [0.25, 0.3) is 0 Å². The van der Waals surface area contributed by atoms with Gasteiger partial charge in [-0.05, 0) is 12.1 Å². The molecule has 2 heterocycles. The zero-order chi connectivity index (χ0) is 13.5. The van der Waals surface area contributed by atoms with Crippen LogP contribution in [0.25, 0.3) is 0 Å². The van der Waals surface area contributed by atoms with Gasteiger partial charge in [-0.2, -0.15) is 0 Å². The maximum atomic E-state index is 11.7. The Morgan fingerprint density at radius 1 is 1.47 bits per heavy atom. The predicted molar refractivity (Wildman–Crippen MR) is 66.9 cm³/mol. The zero-order valence-electron chi connectivity index (χ0n) is 9.95. The highest BCUT2D eigenvalue weighted by atomic mass is 16.2. The largest absolute Gasteiger partial charge is 0.384 e. The highest BCUT2D eigenvalue weighted by Crippen LogP contribution is 2.05. The number of aliphatic hydroxyl groups is 1. The molecule has 2 aromatic heterocycles. The van der Waals surface area contributed by atoms with Crippen LogP contribution in [-0.2, 0) is 11.3 Å². The van der Waals surface area contributed by atoms with Gasteiger partial charge in [0.15, 0.2) is 0 Å². The number of rotatable bonds is 3. The first-order chi connectivity index (χ1) is 9.28. The molecule has 0 aromatic carbocycles. The number of amides is 1. The number of carbonyl (C=O) groups excluding carboxylic acids is 1. The van der Waals surface area contributed by atoms with Gasteiger partial charge in [-0.15, -0.1) is 5.10 Å². The average molecular weight is 257 g/mol. The lowest BCUT2D eigenvalue weighted by atomic mass is 10.2. The Balaban J connectivity index is 2.00. The lowest BCUT2D eigenvalue weighted by Crippen LogP contribution is -2.19. The number of anilines is 1. The minimum absolute atomic E-state index is 0.0637. The van der Waals surface area contributed by atoms with Gasteiger partial charge in [-0.25, -0.2) is 9.67 Å². The maximum Gasteiger partial charge on any atom is 0.247 e. The van der Waals surface area contributed by atoms with Crippen molar-refractivity contribution in [1.82, 2.24) is 20.0 Å². The van der Waals surface area contributed by atoms with Crippen molar-refractivity contribution >= 4 is 11.7 Å². The smallest absolute Gasteiger partial charge is 0.247 e. The van der Waals surface area contributed by atoms with Crippen LogP contribution in [0.1, 0.15) is 5.56 Å². The molecule has 2 rings (SSSR count). The highest BCUT2D eigenvalue weighted by Gasteiger charge is 2.05. The number of nitrogens with one attached hydrogen (secondary N) is 1. The number of aromatic nitrogens is 4. The monoisotopic (exact) mass is 257 g/mol. The van der Waals surface area contributed by atoms with Crippen LogP contribution in [0.4, 0.5) is 5.82 Å². The van der Waals surface area contributed by atoms with E-state index in [1.807, 2.05) is 0 Å². The van der Waals surface area contributed by atoms with Gasteiger partial charge in [0.05, 0.1) is 6.20 Å². The van der Waals surface area contributed by atoms with Crippen LogP contribution < -0.4 is 5.32 Å². The maximum absolute atomic E-state index is 11.7. The van der Waals surface area contributed by atoms with E-state index in [9.17, 15) is 4.79 Å². The molecule has 0 saturated heterocycles. The summed E-state index contributed by atoms with van der Waals surface area (Å²) in [6, 6.07) is 3.32. The van der Waals surface area contributed by atoms with E-state index < -0.39 is 0 Å². The molecule has 2 aromatic rings. The van der Waals surface area contributed by atoms with Crippen molar-refractivity contribution in [3.8, 4) is 11.8 Å². The minimum atomic E-state index is -0.259. The molecule has 2 N–H and O–H groups in total. The molecule has 7 heteroatoms. The second-order valence-corrected chi connectivity index (χ2v) is 3.54. The van der Waals surface area contributed by atoms with Gasteiger partial charge in [0.2, 0.25) is 5.91 Å². The molecular weight excluding hydrogens is 246 g/mol. The topological polar surface area (TPSA) is 92.9 Å². The Kier molecular flexibility index (Phi) is 4.21. The first-order valence-corrected chi connectivity index (χ1v) is 5.47. The molecular formula is C12H11N5O2.